The molecule has 0 aromatic heterocycles. The predicted octanol–water partition coefficient (Wildman–Crippen LogP) is -0.492. The minimum absolute atomic E-state index is 0.0103. The molecule has 60 valence electrons. The Morgan fingerprint density at radius 3 is 2.91 bits per heavy atom. The number of nitrogens with zero attached hydrogens (tertiary/aromatic N) is 3. The topological polar surface area (TPSA) is 97.8 Å². The van der Waals surface area contributed by atoms with Crippen LogP contribution in [0.4, 0.5) is 0 Å². The summed E-state index contributed by atoms with van der Waals surface area (Å²) < 4.78 is 0. The number of azo groups is 1. The molecule has 2 N–H and O–H groups in total. The van der Waals surface area contributed by atoms with E-state index in [0.717, 1.165) is 0 Å². The molecule has 0 rings (SSSR count). The lowest BCUT2D eigenvalue weighted by molar-refractivity contribution is -0.106. The Morgan fingerprint density at radius 1 is 1.73 bits per heavy atom. The molecule has 6 nitrogen and oxygen atoms in total. The Kier molecular flexibility index (Phi) is 5.98. The summed E-state index contributed by atoms with van der Waals surface area (Å²) in [5.41, 5.74) is 1.73. The van der Waals surface area contributed by atoms with Gasteiger partial charge in [0.1, 0.15) is 18.9 Å². The van der Waals surface area contributed by atoms with Crippen molar-refractivity contribution in [3.63, 3.8) is 0 Å². The predicted molar refractivity (Wildman–Crippen MR) is 35.0 cm³/mol. The molecular formula is C5H8N4O2. The fraction of sp³-hybridized carbons (Fsp3) is 0.600. The molecule has 0 aliphatic rings. The van der Waals surface area contributed by atoms with Crippen LogP contribution >= 0.6 is 0 Å². The maximum Gasteiger partial charge on any atom is 0.143 e. The molecule has 0 saturated heterocycles. The third-order valence-electron chi connectivity index (χ3n) is 0.832. The highest BCUT2D eigenvalue weighted by molar-refractivity contribution is 5.51. The molecule has 0 spiro atoms. The second kappa shape index (κ2) is 6.80. The molecule has 0 bridgehead atoms. The SMILES string of the molecule is N#CC(CN=NCC=O)NO. The summed E-state index contributed by atoms with van der Waals surface area (Å²) in [6, 6.07) is 0.967. The van der Waals surface area contributed by atoms with Crippen molar-refractivity contribution in [2.45, 2.75) is 6.04 Å². The number of aldehydes is 1. The minimum Gasteiger partial charge on any atom is -0.315 e. The summed E-state index contributed by atoms with van der Waals surface area (Å²) in [6.45, 7) is 0.0322. The van der Waals surface area contributed by atoms with Gasteiger partial charge in [-0.3, -0.25) is 0 Å². The first-order valence-electron chi connectivity index (χ1n) is 2.91. The van der Waals surface area contributed by atoms with E-state index in [9.17, 15) is 4.79 Å². The lowest BCUT2D eigenvalue weighted by Crippen LogP contribution is -2.26. The smallest absolute Gasteiger partial charge is 0.143 e. The van der Waals surface area contributed by atoms with Gasteiger partial charge >= 0.3 is 0 Å². The highest BCUT2D eigenvalue weighted by Gasteiger charge is 2.01. The first-order chi connectivity index (χ1) is 5.35. The van der Waals surface area contributed by atoms with E-state index in [0.29, 0.717) is 6.29 Å². The molecule has 0 amide bonds. The molecule has 1 unspecified atom stereocenters. The molecule has 11 heavy (non-hydrogen) atoms. The largest absolute Gasteiger partial charge is 0.315 e. The minimum atomic E-state index is -0.759. The van der Waals surface area contributed by atoms with Gasteiger partial charge in [0.25, 0.3) is 0 Å². The van der Waals surface area contributed by atoms with E-state index in [1.54, 1.807) is 11.5 Å². The van der Waals surface area contributed by atoms with Gasteiger partial charge < -0.3 is 10.0 Å². The quantitative estimate of drug-likeness (QED) is 0.318. The van der Waals surface area contributed by atoms with Crippen LogP contribution in [0.25, 0.3) is 0 Å². The Morgan fingerprint density at radius 2 is 2.45 bits per heavy atom. The van der Waals surface area contributed by atoms with Crippen LogP contribution in [0, 0.1) is 11.3 Å². The molecule has 0 fully saturated rings. The fourth-order valence-corrected chi connectivity index (χ4v) is 0.341. The molecule has 0 radical (unpaired) electrons. The zero-order valence-corrected chi connectivity index (χ0v) is 5.77. The van der Waals surface area contributed by atoms with Crippen LogP contribution in [0.15, 0.2) is 10.2 Å². The zero-order valence-electron chi connectivity index (χ0n) is 5.77. The highest BCUT2D eigenvalue weighted by Crippen LogP contribution is 1.81. The Hall–Kier alpha value is -1.32. The monoisotopic (exact) mass is 156 g/mol. The van der Waals surface area contributed by atoms with Crippen molar-refractivity contribution in [3.05, 3.63) is 0 Å². The number of nitriles is 1. The normalized spacial score (nSPS) is 12.7. The number of hydroxylamine groups is 1. The molecule has 0 aliphatic carbocycles. The van der Waals surface area contributed by atoms with E-state index in [1.165, 1.54) is 0 Å². The molecule has 0 heterocycles. The van der Waals surface area contributed by atoms with Gasteiger partial charge in [-0.1, -0.05) is 0 Å². The van der Waals surface area contributed by atoms with E-state index in [4.69, 9.17) is 10.5 Å². The number of hydrogen-bond donors (Lipinski definition) is 2. The number of nitrogens with one attached hydrogen (secondary N) is 1. The van der Waals surface area contributed by atoms with Crippen LogP contribution in [-0.4, -0.2) is 30.6 Å². The van der Waals surface area contributed by atoms with Gasteiger partial charge in [0.2, 0.25) is 0 Å². The van der Waals surface area contributed by atoms with E-state index < -0.39 is 6.04 Å². The molecule has 0 aliphatic heterocycles. The Bertz CT molecular complexity index is 174. The summed E-state index contributed by atoms with van der Waals surface area (Å²) in [5, 5.41) is 23.3. The van der Waals surface area contributed by atoms with E-state index >= 15 is 0 Å². The summed E-state index contributed by atoms with van der Waals surface area (Å²) in [5.74, 6) is 0. The summed E-state index contributed by atoms with van der Waals surface area (Å²) in [6.07, 6.45) is 0.594. The van der Waals surface area contributed by atoms with Crippen molar-refractivity contribution < 1.29 is 10.0 Å². The van der Waals surface area contributed by atoms with Gasteiger partial charge in [0, 0.05) is 0 Å². The van der Waals surface area contributed by atoms with Crippen molar-refractivity contribution in [1.29, 1.82) is 5.26 Å². The van der Waals surface area contributed by atoms with Crippen LogP contribution < -0.4 is 5.48 Å². The second-order valence-corrected chi connectivity index (χ2v) is 1.63. The van der Waals surface area contributed by atoms with Crippen LogP contribution in [0.5, 0.6) is 0 Å². The first kappa shape index (κ1) is 9.68. The number of hydrogen-bond acceptors (Lipinski definition) is 6. The van der Waals surface area contributed by atoms with Gasteiger partial charge in [-0.2, -0.15) is 21.0 Å². The van der Waals surface area contributed by atoms with Gasteiger partial charge in [0.15, 0.2) is 0 Å². The van der Waals surface area contributed by atoms with Crippen LogP contribution in [0.1, 0.15) is 0 Å². The average molecular weight is 156 g/mol. The van der Waals surface area contributed by atoms with Crippen molar-refractivity contribution in [1.82, 2.24) is 5.48 Å². The lowest BCUT2D eigenvalue weighted by atomic mass is 10.4. The molecule has 0 aromatic carbocycles. The van der Waals surface area contributed by atoms with Crippen LogP contribution in [0.3, 0.4) is 0 Å². The third-order valence-corrected chi connectivity index (χ3v) is 0.832. The molecule has 1 atom stereocenters. The maximum absolute atomic E-state index is 9.70. The van der Waals surface area contributed by atoms with Crippen LogP contribution in [0.2, 0.25) is 0 Å². The van der Waals surface area contributed by atoms with Gasteiger partial charge in [0.05, 0.1) is 12.6 Å². The van der Waals surface area contributed by atoms with Gasteiger partial charge in [-0.15, -0.1) is 0 Å². The summed E-state index contributed by atoms with van der Waals surface area (Å²) in [4.78, 5) is 9.70. The van der Waals surface area contributed by atoms with E-state index in [1.807, 2.05) is 0 Å². The Balaban J connectivity index is 3.51. The maximum atomic E-state index is 9.70. The van der Waals surface area contributed by atoms with Crippen molar-refractivity contribution >= 4 is 6.29 Å². The first-order valence-corrected chi connectivity index (χ1v) is 2.91. The standard InChI is InChI=1S/C5H8N4O2/c6-3-5(9-11)4-8-7-1-2-10/h2,5,9,11H,1,4H2. The van der Waals surface area contributed by atoms with Crippen LogP contribution in [-0.2, 0) is 4.79 Å². The van der Waals surface area contributed by atoms with Gasteiger partial charge in [-0.05, 0) is 0 Å². The highest BCUT2D eigenvalue weighted by atomic mass is 16.5. The number of carbonyl (C=O) groups is 1. The fourth-order valence-electron chi connectivity index (χ4n) is 0.341. The summed E-state index contributed by atoms with van der Waals surface area (Å²) >= 11 is 0. The molecule has 0 aromatic rings. The van der Waals surface area contributed by atoms with Crippen molar-refractivity contribution in [2.24, 2.45) is 10.2 Å². The number of rotatable bonds is 5. The van der Waals surface area contributed by atoms with Crippen molar-refractivity contribution in [2.75, 3.05) is 13.1 Å². The van der Waals surface area contributed by atoms with Crippen molar-refractivity contribution in [3.8, 4) is 6.07 Å². The second-order valence-electron chi connectivity index (χ2n) is 1.63. The molecule has 0 saturated carbocycles. The Labute approximate surface area is 63.5 Å². The number of carbonyl (C=O) groups excluding carboxylic acids is 1. The lowest BCUT2D eigenvalue weighted by Gasteiger charge is -1.98. The van der Waals surface area contributed by atoms with E-state index in [2.05, 4.69) is 10.2 Å². The summed E-state index contributed by atoms with van der Waals surface area (Å²) in [7, 11) is 0. The average Bonchev–Trinajstić information content (AvgIpc) is 2.05. The van der Waals surface area contributed by atoms with E-state index in [-0.39, 0.29) is 13.1 Å². The molecule has 6 heteroatoms. The van der Waals surface area contributed by atoms with Gasteiger partial charge in [-0.25, -0.2) is 0 Å². The third kappa shape index (κ3) is 5.14. The zero-order chi connectivity index (χ0) is 8.53. The molecular weight excluding hydrogens is 148 g/mol.